The lowest BCUT2D eigenvalue weighted by molar-refractivity contribution is 0.0599. The maximum absolute atomic E-state index is 12.6. The number of carbonyl (C=O) groups is 2. The second-order valence-corrected chi connectivity index (χ2v) is 8.09. The van der Waals surface area contributed by atoms with Crippen LogP contribution in [0.15, 0.2) is 46.9 Å². The SMILES string of the molecule is COC(=O)c1c(C)nc(C)c(C(=O)OC)c1-c1ccc(OCc2cccc(Br)c2)c(OC)c1. The standard InChI is InChI=1S/C25H24BrNO6/c1-14-21(24(28)31-4)23(22(15(2)27-14)25(29)32-5)17-9-10-19(20(12-17)30-3)33-13-16-7-6-8-18(26)11-16/h6-12H,13H2,1-5H3. The molecule has 1 heterocycles. The van der Waals surface area contributed by atoms with Crippen molar-refractivity contribution in [3.05, 3.63) is 75.0 Å². The van der Waals surface area contributed by atoms with Crippen molar-refractivity contribution in [3.8, 4) is 22.6 Å². The Morgan fingerprint density at radius 3 is 2.06 bits per heavy atom. The molecule has 3 rings (SSSR count). The normalized spacial score (nSPS) is 10.5. The van der Waals surface area contributed by atoms with E-state index in [1.165, 1.54) is 21.3 Å². The van der Waals surface area contributed by atoms with E-state index < -0.39 is 11.9 Å². The number of ether oxygens (including phenoxy) is 4. The highest BCUT2D eigenvalue weighted by molar-refractivity contribution is 9.10. The molecule has 0 aliphatic heterocycles. The topological polar surface area (TPSA) is 84.0 Å². The molecule has 7 nitrogen and oxygen atoms in total. The van der Waals surface area contributed by atoms with Gasteiger partial charge in [-0.1, -0.05) is 34.1 Å². The average molecular weight is 514 g/mol. The van der Waals surface area contributed by atoms with Crippen molar-refractivity contribution >= 4 is 27.9 Å². The number of pyridine rings is 1. The van der Waals surface area contributed by atoms with Crippen molar-refractivity contribution in [3.63, 3.8) is 0 Å². The third-order valence-electron chi connectivity index (χ3n) is 5.07. The van der Waals surface area contributed by atoms with Crippen molar-refractivity contribution in [1.29, 1.82) is 0 Å². The molecule has 0 fully saturated rings. The van der Waals surface area contributed by atoms with Crippen molar-refractivity contribution in [1.82, 2.24) is 4.98 Å². The number of esters is 2. The summed E-state index contributed by atoms with van der Waals surface area (Å²) in [6, 6.07) is 13.0. The van der Waals surface area contributed by atoms with Crippen molar-refractivity contribution in [2.75, 3.05) is 21.3 Å². The number of hydrogen-bond donors (Lipinski definition) is 0. The van der Waals surface area contributed by atoms with Gasteiger partial charge in [-0.05, 0) is 49.2 Å². The van der Waals surface area contributed by atoms with E-state index in [-0.39, 0.29) is 11.1 Å². The minimum atomic E-state index is -0.603. The third kappa shape index (κ3) is 5.17. The smallest absolute Gasteiger partial charge is 0.340 e. The minimum absolute atomic E-state index is 0.188. The van der Waals surface area contributed by atoms with E-state index in [2.05, 4.69) is 20.9 Å². The molecule has 0 aliphatic rings. The lowest BCUT2D eigenvalue weighted by Gasteiger charge is -2.18. The van der Waals surface area contributed by atoms with Gasteiger partial charge in [0.05, 0.1) is 43.8 Å². The molecule has 0 atom stereocenters. The van der Waals surface area contributed by atoms with E-state index in [9.17, 15) is 9.59 Å². The Bertz CT molecular complexity index is 1170. The monoisotopic (exact) mass is 513 g/mol. The van der Waals surface area contributed by atoms with Gasteiger partial charge in [0.15, 0.2) is 11.5 Å². The van der Waals surface area contributed by atoms with Gasteiger partial charge in [-0.15, -0.1) is 0 Å². The fourth-order valence-electron chi connectivity index (χ4n) is 3.57. The fraction of sp³-hybridized carbons (Fsp3) is 0.240. The Labute approximate surface area is 200 Å². The summed E-state index contributed by atoms with van der Waals surface area (Å²) in [6.45, 7) is 3.72. The Morgan fingerprint density at radius 2 is 1.52 bits per heavy atom. The number of hydrogen-bond acceptors (Lipinski definition) is 7. The van der Waals surface area contributed by atoms with Crippen LogP contribution in [0, 0.1) is 13.8 Å². The number of rotatable bonds is 7. The van der Waals surface area contributed by atoms with Crippen LogP contribution in [-0.4, -0.2) is 38.3 Å². The molecule has 172 valence electrons. The molecule has 0 aliphatic carbocycles. The molecular weight excluding hydrogens is 490 g/mol. The summed E-state index contributed by atoms with van der Waals surface area (Å²) in [7, 11) is 4.09. The van der Waals surface area contributed by atoms with Crippen molar-refractivity contribution < 1.29 is 28.5 Å². The molecule has 8 heteroatoms. The van der Waals surface area contributed by atoms with Crippen LogP contribution in [0.2, 0.25) is 0 Å². The first-order chi connectivity index (χ1) is 15.8. The lowest BCUT2D eigenvalue weighted by Crippen LogP contribution is -2.16. The maximum Gasteiger partial charge on any atom is 0.340 e. The second kappa shape index (κ2) is 10.5. The molecule has 33 heavy (non-hydrogen) atoms. The number of nitrogens with zero attached hydrogens (tertiary/aromatic N) is 1. The molecule has 3 aromatic rings. The molecule has 0 unspecified atom stereocenters. The van der Waals surface area contributed by atoms with Gasteiger partial charge < -0.3 is 18.9 Å². The quantitative estimate of drug-likeness (QED) is 0.397. The van der Waals surface area contributed by atoms with Gasteiger partial charge in [0.25, 0.3) is 0 Å². The second-order valence-electron chi connectivity index (χ2n) is 7.18. The summed E-state index contributed by atoms with van der Waals surface area (Å²) < 4.78 is 22.4. The van der Waals surface area contributed by atoms with Gasteiger partial charge in [-0.2, -0.15) is 0 Å². The van der Waals surface area contributed by atoms with E-state index in [1.807, 2.05) is 24.3 Å². The van der Waals surface area contributed by atoms with Crippen LogP contribution in [0.1, 0.15) is 37.7 Å². The van der Waals surface area contributed by atoms with Crippen LogP contribution < -0.4 is 9.47 Å². The van der Waals surface area contributed by atoms with Gasteiger partial charge >= 0.3 is 11.9 Å². The average Bonchev–Trinajstić information content (AvgIpc) is 2.81. The van der Waals surface area contributed by atoms with Crippen molar-refractivity contribution in [2.24, 2.45) is 0 Å². The predicted molar refractivity (Wildman–Crippen MR) is 127 cm³/mol. The van der Waals surface area contributed by atoms with Crippen LogP contribution in [-0.2, 0) is 16.1 Å². The zero-order valence-electron chi connectivity index (χ0n) is 19.0. The Balaban J connectivity index is 2.12. The van der Waals surface area contributed by atoms with Gasteiger partial charge in [0.1, 0.15) is 6.61 Å². The number of methoxy groups -OCH3 is 3. The van der Waals surface area contributed by atoms with E-state index in [1.54, 1.807) is 32.0 Å². The van der Waals surface area contributed by atoms with Crippen LogP contribution >= 0.6 is 15.9 Å². The van der Waals surface area contributed by atoms with E-state index in [0.29, 0.717) is 40.6 Å². The van der Waals surface area contributed by atoms with Gasteiger partial charge in [-0.3, -0.25) is 4.98 Å². The Morgan fingerprint density at radius 1 is 0.879 bits per heavy atom. The fourth-order valence-corrected chi connectivity index (χ4v) is 4.02. The van der Waals surface area contributed by atoms with Crippen LogP contribution in [0.5, 0.6) is 11.5 Å². The van der Waals surface area contributed by atoms with Gasteiger partial charge in [-0.25, -0.2) is 9.59 Å². The van der Waals surface area contributed by atoms with Gasteiger partial charge in [0, 0.05) is 10.0 Å². The van der Waals surface area contributed by atoms with Crippen LogP contribution in [0.3, 0.4) is 0 Å². The largest absolute Gasteiger partial charge is 0.493 e. The zero-order valence-corrected chi connectivity index (χ0v) is 20.6. The number of aromatic nitrogens is 1. The number of benzene rings is 2. The summed E-state index contributed by atoms with van der Waals surface area (Å²) in [5, 5.41) is 0. The van der Waals surface area contributed by atoms with Crippen LogP contribution in [0.25, 0.3) is 11.1 Å². The van der Waals surface area contributed by atoms with E-state index in [0.717, 1.165) is 10.0 Å². The molecular formula is C25H24BrNO6. The highest BCUT2D eigenvalue weighted by Gasteiger charge is 2.27. The Kier molecular flexibility index (Phi) is 7.71. The molecule has 0 radical (unpaired) electrons. The maximum atomic E-state index is 12.6. The first-order valence-electron chi connectivity index (χ1n) is 10.0. The van der Waals surface area contributed by atoms with Crippen molar-refractivity contribution in [2.45, 2.75) is 20.5 Å². The minimum Gasteiger partial charge on any atom is -0.493 e. The summed E-state index contributed by atoms with van der Waals surface area (Å²) in [5.41, 5.74) is 3.18. The number of aryl methyl sites for hydroxylation is 2. The molecule has 1 aromatic heterocycles. The highest BCUT2D eigenvalue weighted by Crippen LogP contribution is 2.38. The Hall–Kier alpha value is -3.39. The highest BCUT2D eigenvalue weighted by atomic mass is 79.9. The first kappa shape index (κ1) is 24.3. The molecule has 0 saturated heterocycles. The number of carbonyl (C=O) groups excluding carboxylic acids is 2. The van der Waals surface area contributed by atoms with E-state index >= 15 is 0 Å². The number of halogens is 1. The first-order valence-corrected chi connectivity index (χ1v) is 10.8. The molecule has 0 amide bonds. The summed E-state index contributed by atoms with van der Waals surface area (Å²) in [4.78, 5) is 29.6. The predicted octanol–water partition coefficient (Wildman–Crippen LogP) is 5.29. The van der Waals surface area contributed by atoms with Crippen LogP contribution in [0.4, 0.5) is 0 Å². The third-order valence-corrected chi connectivity index (χ3v) is 5.57. The lowest BCUT2D eigenvalue weighted by atomic mass is 9.92. The van der Waals surface area contributed by atoms with Gasteiger partial charge in [0.2, 0.25) is 0 Å². The molecule has 0 bridgehead atoms. The summed E-state index contributed by atoms with van der Waals surface area (Å²) >= 11 is 3.45. The van der Waals surface area contributed by atoms with E-state index in [4.69, 9.17) is 18.9 Å². The molecule has 0 spiro atoms. The molecule has 0 saturated carbocycles. The summed E-state index contributed by atoms with van der Waals surface area (Å²) in [6.07, 6.45) is 0. The molecule has 2 aromatic carbocycles. The molecule has 0 N–H and O–H groups in total. The summed E-state index contributed by atoms with van der Waals surface area (Å²) in [5.74, 6) is -0.243. The zero-order chi connectivity index (χ0) is 24.1.